The third-order valence-corrected chi connectivity index (χ3v) is 6.86. The van der Waals surface area contributed by atoms with E-state index < -0.39 is 63.1 Å². The Morgan fingerprint density at radius 3 is 2.50 bits per heavy atom. The Morgan fingerprint density at radius 2 is 1.92 bits per heavy atom. The van der Waals surface area contributed by atoms with Gasteiger partial charge in [0.15, 0.2) is 0 Å². The van der Waals surface area contributed by atoms with Crippen molar-refractivity contribution in [1.82, 2.24) is 9.55 Å². The molecule has 6 N–H and O–H groups in total. The van der Waals surface area contributed by atoms with Gasteiger partial charge in [-0.25, -0.2) is 13.9 Å². The number of aromatic amines is 1. The Bertz CT molecular complexity index is 921. The number of nitrogens with zero attached hydrogens (tertiary/aromatic N) is 1. The lowest BCUT2D eigenvalue weighted by Crippen LogP contribution is -2.40. The van der Waals surface area contributed by atoms with Gasteiger partial charge in [0.25, 0.3) is 5.56 Å². The van der Waals surface area contributed by atoms with Crippen LogP contribution in [0.25, 0.3) is 0 Å². The van der Waals surface area contributed by atoms with Crippen molar-refractivity contribution in [1.29, 1.82) is 0 Å². The summed E-state index contributed by atoms with van der Waals surface area (Å²) < 4.78 is 31.5. The number of nitrogens with one attached hydrogen (secondary N) is 1. The zero-order valence-electron chi connectivity index (χ0n) is 12.9. The molecule has 1 aromatic heterocycles. The third-order valence-electron chi connectivity index (χ3n) is 4.73. The zero-order valence-corrected chi connectivity index (χ0v) is 14.7. The highest BCUT2D eigenvalue weighted by atomic mass is 31.3. The molecule has 2 aliphatic carbocycles. The molecular weight excluding hydrogens is 398 g/mol. The van der Waals surface area contributed by atoms with Crippen molar-refractivity contribution in [2.24, 2.45) is 11.3 Å². The summed E-state index contributed by atoms with van der Waals surface area (Å²) in [5.41, 5.74) is -2.63. The number of aromatic nitrogens is 2. The van der Waals surface area contributed by atoms with E-state index in [1.807, 2.05) is 4.98 Å². The molecule has 2 fully saturated rings. The number of hydrogen-bond donors (Lipinski definition) is 6. The number of aliphatic hydroxyl groups is 2. The molecule has 146 valence electrons. The summed E-state index contributed by atoms with van der Waals surface area (Å²) in [4.78, 5) is 51.6. The molecule has 0 aromatic carbocycles. The van der Waals surface area contributed by atoms with Crippen LogP contribution < -0.4 is 11.2 Å². The lowest BCUT2D eigenvalue weighted by Gasteiger charge is -2.24. The van der Waals surface area contributed by atoms with Crippen LogP contribution in [0, 0.1) is 11.3 Å². The standard InChI is InChI=1S/C11H16N2O11P2/c14-6-1-2-13(10(17)12-6)7-5-3-11(5,9(16)8(7)15)4-23-26(21,22)24-25(18,19)20/h1-2,5,7-9,15-16H,3-4H2,(H,21,22)(H,12,14,17)(H2,18,19,20)/t5-,7-,8+,9+,11+/m1/s1. The fourth-order valence-corrected chi connectivity index (χ4v) is 5.22. The number of rotatable bonds is 6. The quantitative estimate of drug-likeness (QED) is 0.282. The molecule has 26 heavy (non-hydrogen) atoms. The van der Waals surface area contributed by atoms with E-state index in [9.17, 15) is 33.8 Å². The average molecular weight is 414 g/mol. The largest absolute Gasteiger partial charge is 0.481 e. The van der Waals surface area contributed by atoms with Crippen LogP contribution in [0.5, 0.6) is 0 Å². The van der Waals surface area contributed by atoms with Crippen molar-refractivity contribution < 1.29 is 42.9 Å². The highest BCUT2D eigenvalue weighted by Gasteiger charge is 2.72. The maximum atomic E-state index is 11.9. The molecule has 0 aliphatic heterocycles. The molecule has 0 saturated heterocycles. The van der Waals surface area contributed by atoms with Crippen LogP contribution in [-0.2, 0) is 18.0 Å². The molecule has 1 unspecified atom stereocenters. The van der Waals surface area contributed by atoms with Gasteiger partial charge in [-0.05, 0) is 12.3 Å². The van der Waals surface area contributed by atoms with Gasteiger partial charge in [0, 0.05) is 17.7 Å². The van der Waals surface area contributed by atoms with E-state index in [0.29, 0.717) is 0 Å². The van der Waals surface area contributed by atoms with Gasteiger partial charge in [-0.1, -0.05) is 0 Å². The van der Waals surface area contributed by atoms with E-state index in [0.717, 1.165) is 16.8 Å². The predicted octanol–water partition coefficient (Wildman–Crippen LogP) is -1.95. The maximum absolute atomic E-state index is 11.9. The molecule has 0 spiro atoms. The first kappa shape index (κ1) is 19.6. The van der Waals surface area contributed by atoms with Crippen molar-refractivity contribution in [2.45, 2.75) is 24.7 Å². The predicted molar refractivity (Wildman–Crippen MR) is 81.8 cm³/mol. The minimum Gasteiger partial charge on any atom is -0.390 e. The Morgan fingerprint density at radius 1 is 1.27 bits per heavy atom. The molecule has 2 saturated carbocycles. The Balaban J connectivity index is 1.79. The fraction of sp³-hybridized carbons (Fsp3) is 0.636. The first-order chi connectivity index (χ1) is 11.9. The molecule has 15 heteroatoms. The normalized spacial score (nSPS) is 35.7. The second-order valence-electron chi connectivity index (χ2n) is 6.30. The molecule has 3 rings (SSSR count). The Hall–Kier alpha value is -1.14. The smallest absolute Gasteiger partial charge is 0.390 e. The molecule has 1 heterocycles. The zero-order chi connectivity index (χ0) is 19.5. The van der Waals surface area contributed by atoms with Crippen LogP contribution in [0.2, 0.25) is 0 Å². The summed E-state index contributed by atoms with van der Waals surface area (Å²) in [5.74, 6) is -0.536. The molecule has 13 nitrogen and oxygen atoms in total. The van der Waals surface area contributed by atoms with Gasteiger partial charge in [-0.2, -0.15) is 4.31 Å². The first-order valence-corrected chi connectivity index (χ1v) is 10.3. The van der Waals surface area contributed by atoms with Crippen molar-refractivity contribution in [3.63, 3.8) is 0 Å². The van der Waals surface area contributed by atoms with Crippen molar-refractivity contribution in [3.05, 3.63) is 33.1 Å². The van der Waals surface area contributed by atoms with Gasteiger partial charge >= 0.3 is 21.3 Å². The molecule has 0 amide bonds. The van der Waals surface area contributed by atoms with Crippen molar-refractivity contribution in [2.75, 3.05) is 6.61 Å². The van der Waals surface area contributed by atoms with E-state index in [1.54, 1.807) is 0 Å². The highest BCUT2D eigenvalue weighted by molar-refractivity contribution is 7.60. The van der Waals surface area contributed by atoms with Crippen LogP contribution >= 0.6 is 15.6 Å². The number of hydrogen-bond acceptors (Lipinski definition) is 8. The summed E-state index contributed by atoms with van der Waals surface area (Å²) >= 11 is 0. The van der Waals surface area contributed by atoms with Gasteiger partial charge in [-0.15, -0.1) is 0 Å². The Labute approximate surface area is 144 Å². The van der Waals surface area contributed by atoms with Crippen LogP contribution in [0.3, 0.4) is 0 Å². The summed E-state index contributed by atoms with van der Waals surface area (Å²) in [6.07, 6.45) is -1.50. The lowest BCUT2D eigenvalue weighted by atomic mass is 10.0. The summed E-state index contributed by atoms with van der Waals surface area (Å²) in [6.45, 7) is -0.641. The van der Waals surface area contributed by atoms with Crippen molar-refractivity contribution >= 4 is 15.6 Å². The number of fused-ring (bicyclic) bond motifs is 1. The van der Waals surface area contributed by atoms with E-state index in [4.69, 9.17) is 9.79 Å². The van der Waals surface area contributed by atoms with Gasteiger partial charge in [0.05, 0.1) is 18.8 Å². The minimum absolute atomic E-state index is 0.206. The summed E-state index contributed by atoms with van der Waals surface area (Å²) in [5, 5.41) is 20.5. The van der Waals surface area contributed by atoms with Gasteiger partial charge in [0.2, 0.25) is 0 Å². The van der Waals surface area contributed by atoms with Gasteiger partial charge in [0.1, 0.15) is 6.10 Å². The molecule has 6 atom stereocenters. The number of H-pyrrole nitrogens is 1. The molecule has 0 radical (unpaired) electrons. The van der Waals surface area contributed by atoms with Crippen LogP contribution in [0.15, 0.2) is 21.9 Å². The maximum Gasteiger partial charge on any atom is 0.481 e. The van der Waals surface area contributed by atoms with E-state index >= 15 is 0 Å². The lowest BCUT2D eigenvalue weighted by molar-refractivity contribution is -0.0306. The van der Waals surface area contributed by atoms with Gasteiger partial charge in [-0.3, -0.25) is 18.9 Å². The number of aliphatic hydroxyl groups excluding tert-OH is 2. The van der Waals surface area contributed by atoms with Gasteiger partial charge < -0.3 is 24.9 Å². The first-order valence-electron chi connectivity index (χ1n) is 7.28. The summed E-state index contributed by atoms with van der Waals surface area (Å²) in [7, 11) is -10.4. The fourth-order valence-electron chi connectivity index (χ4n) is 3.55. The monoisotopic (exact) mass is 414 g/mol. The van der Waals surface area contributed by atoms with E-state index in [2.05, 4.69) is 8.83 Å². The van der Waals surface area contributed by atoms with Crippen molar-refractivity contribution in [3.8, 4) is 0 Å². The third kappa shape index (κ3) is 3.50. The summed E-state index contributed by atoms with van der Waals surface area (Å²) in [6, 6.07) is 0.147. The number of phosphoric ester groups is 1. The van der Waals surface area contributed by atoms with E-state index in [1.165, 1.54) is 0 Å². The van der Waals surface area contributed by atoms with Crippen LogP contribution in [-0.4, -0.2) is 53.3 Å². The SMILES string of the molecule is O=c1ccn([C@H]2[C@H](O)[C@H](O)[C@]3(COP(=O)(O)OP(=O)(O)O)C[C@H]23)c(=O)[nH]1. The molecule has 2 aliphatic rings. The average Bonchev–Trinajstić information content (AvgIpc) is 3.15. The van der Waals surface area contributed by atoms with E-state index in [-0.39, 0.29) is 6.42 Å². The second-order valence-corrected chi connectivity index (χ2v) is 9.13. The van der Waals surface area contributed by atoms with Crippen LogP contribution in [0.1, 0.15) is 12.5 Å². The minimum atomic E-state index is -5.28. The van der Waals surface area contributed by atoms with Crippen LogP contribution in [0.4, 0.5) is 0 Å². The molecular formula is C11H16N2O11P2. The Kier molecular flexibility index (Phi) is 4.67. The molecule has 1 aromatic rings. The topological polar surface area (TPSA) is 209 Å². The number of phosphoric acid groups is 2. The second kappa shape index (κ2) is 6.20. The molecule has 0 bridgehead atoms. The highest BCUT2D eigenvalue weighted by Crippen LogP contribution is 2.69.